The lowest BCUT2D eigenvalue weighted by atomic mass is 9.99. The van der Waals surface area contributed by atoms with Crippen LogP contribution in [-0.4, -0.2) is 35.0 Å². The Morgan fingerprint density at radius 1 is 1.12 bits per heavy atom. The van der Waals surface area contributed by atoms with Crippen molar-refractivity contribution in [1.29, 1.82) is 0 Å². The molecular formula is C19H18ClNO4. The zero-order valence-corrected chi connectivity index (χ0v) is 14.4. The zero-order valence-electron chi connectivity index (χ0n) is 13.7. The van der Waals surface area contributed by atoms with Gasteiger partial charge in [-0.15, -0.1) is 0 Å². The minimum Gasteiger partial charge on any atom is -0.481 e. The summed E-state index contributed by atoms with van der Waals surface area (Å²) >= 11 is 5.92. The number of carboxylic acid groups (broad SMARTS) is 1. The second-order valence-corrected chi connectivity index (χ2v) is 6.65. The Balaban J connectivity index is 1.68. The smallest absolute Gasteiger partial charge is 0.308 e. The average Bonchev–Trinajstić information content (AvgIpc) is 2.97. The molecule has 1 N–H and O–H groups in total. The number of carbonyl (C=O) groups excluding carboxylic acids is 1. The Hall–Kier alpha value is -2.53. The quantitative estimate of drug-likeness (QED) is 0.898. The number of hydrogen-bond donors (Lipinski definition) is 1. The zero-order chi connectivity index (χ0) is 18.0. The first-order valence-electron chi connectivity index (χ1n) is 7.99. The van der Waals surface area contributed by atoms with E-state index in [9.17, 15) is 14.7 Å². The van der Waals surface area contributed by atoms with Crippen LogP contribution in [0.1, 0.15) is 17.3 Å². The Labute approximate surface area is 150 Å². The van der Waals surface area contributed by atoms with Gasteiger partial charge in [-0.2, -0.15) is 0 Å². The summed E-state index contributed by atoms with van der Waals surface area (Å²) in [6, 6.07) is 13.8. The number of aliphatic carboxylic acids is 1. The van der Waals surface area contributed by atoms with E-state index in [1.165, 1.54) is 0 Å². The summed E-state index contributed by atoms with van der Waals surface area (Å²) in [7, 11) is 0. The van der Waals surface area contributed by atoms with Crippen molar-refractivity contribution in [2.24, 2.45) is 11.8 Å². The molecule has 1 saturated heterocycles. The highest BCUT2D eigenvalue weighted by Gasteiger charge is 2.37. The van der Waals surface area contributed by atoms with Crippen LogP contribution >= 0.6 is 11.6 Å². The van der Waals surface area contributed by atoms with Crippen LogP contribution in [0.15, 0.2) is 48.5 Å². The van der Waals surface area contributed by atoms with Crippen LogP contribution in [0, 0.1) is 11.8 Å². The normalized spacial score (nSPS) is 19.7. The summed E-state index contributed by atoms with van der Waals surface area (Å²) in [6.07, 6.45) is 0. The van der Waals surface area contributed by atoms with Gasteiger partial charge in [-0.3, -0.25) is 9.59 Å². The maximum atomic E-state index is 12.5. The van der Waals surface area contributed by atoms with Gasteiger partial charge in [-0.25, -0.2) is 0 Å². The van der Waals surface area contributed by atoms with E-state index in [2.05, 4.69) is 0 Å². The van der Waals surface area contributed by atoms with E-state index in [1.54, 1.807) is 53.4 Å². The number of carboxylic acids is 1. The summed E-state index contributed by atoms with van der Waals surface area (Å²) in [5.41, 5.74) is 0.511. The summed E-state index contributed by atoms with van der Waals surface area (Å²) in [4.78, 5) is 25.3. The van der Waals surface area contributed by atoms with E-state index in [0.717, 1.165) is 0 Å². The van der Waals surface area contributed by atoms with Crippen LogP contribution in [0.3, 0.4) is 0 Å². The number of rotatable bonds is 4. The number of likely N-dealkylation sites (tertiary alicyclic amines) is 1. The molecule has 3 rings (SSSR count). The molecule has 0 spiro atoms. The van der Waals surface area contributed by atoms with Crippen molar-refractivity contribution in [3.8, 4) is 11.5 Å². The second-order valence-electron chi connectivity index (χ2n) is 6.22. The number of nitrogens with zero attached hydrogens (tertiary/aromatic N) is 1. The molecule has 0 aromatic heterocycles. The Morgan fingerprint density at radius 3 is 2.44 bits per heavy atom. The largest absolute Gasteiger partial charge is 0.481 e. The number of carbonyl (C=O) groups is 2. The second kappa shape index (κ2) is 7.15. The van der Waals surface area contributed by atoms with Gasteiger partial charge in [0.15, 0.2) is 0 Å². The maximum absolute atomic E-state index is 12.5. The molecule has 1 aliphatic heterocycles. The minimum absolute atomic E-state index is 0.0492. The lowest BCUT2D eigenvalue weighted by Crippen LogP contribution is -2.29. The van der Waals surface area contributed by atoms with Gasteiger partial charge in [-0.1, -0.05) is 24.6 Å². The van der Waals surface area contributed by atoms with Crippen molar-refractivity contribution < 1.29 is 19.4 Å². The molecule has 1 amide bonds. The summed E-state index contributed by atoms with van der Waals surface area (Å²) in [5, 5.41) is 9.77. The molecule has 130 valence electrons. The lowest BCUT2D eigenvalue weighted by Gasteiger charge is -2.16. The molecule has 1 heterocycles. The first-order valence-corrected chi connectivity index (χ1v) is 8.37. The summed E-state index contributed by atoms with van der Waals surface area (Å²) in [6.45, 7) is 2.56. The predicted octanol–water partition coefficient (Wildman–Crippen LogP) is 3.93. The van der Waals surface area contributed by atoms with Crippen LogP contribution in [-0.2, 0) is 4.79 Å². The van der Waals surface area contributed by atoms with Crippen molar-refractivity contribution in [3.63, 3.8) is 0 Å². The fraction of sp³-hybridized carbons (Fsp3) is 0.263. The number of hydrogen-bond acceptors (Lipinski definition) is 3. The molecule has 2 aromatic carbocycles. The molecule has 2 atom stereocenters. The van der Waals surface area contributed by atoms with Crippen molar-refractivity contribution in [1.82, 2.24) is 4.90 Å². The highest BCUT2D eigenvalue weighted by molar-refractivity contribution is 6.30. The summed E-state index contributed by atoms with van der Waals surface area (Å²) in [5.74, 6) is -0.361. The van der Waals surface area contributed by atoms with Crippen LogP contribution in [0.25, 0.3) is 0 Å². The third-order valence-electron chi connectivity index (χ3n) is 4.35. The Kier molecular flexibility index (Phi) is 4.95. The van der Waals surface area contributed by atoms with E-state index < -0.39 is 11.9 Å². The average molecular weight is 360 g/mol. The van der Waals surface area contributed by atoms with Gasteiger partial charge in [0.1, 0.15) is 11.5 Å². The van der Waals surface area contributed by atoms with Crippen LogP contribution in [0.5, 0.6) is 11.5 Å². The molecule has 5 nitrogen and oxygen atoms in total. The molecule has 6 heteroatoms. The SMILES string of the molecule is C[C@@H]1CN(C(=O)c2ccc(Oc3cccc(Cl)c3)cc2)C[C@H]1C(=O)O. The van der Waals surface area contributed by atoms with Crippen molar-refractivity contribution >= 4 is 23.5 Å². The third kappa shape index (κ3) is 3.94. The minimum atomic E-state index is -0.854. The molecular weight excluding hydrogens is 342 g/mol. The predicted molar refractivity (Wildman–Crippen MR) is 94.2 cm³/mol. The number of halogens is 1. The van der Waals surface area contributed by atoms with Crippen LogP contribution < -0.4 is 4.74 Å². The maximum Gasteiger partial charge on any atom is 0.308 e. The van der Waals surface area contributed by atoms with E-state index in [4.69, 9.17) is 16.3 Å². The number of amides is 1. The van der Waals surface area contributed by atoms with Gasteiger partial charge in [-0.05, 0) is 48.4 Å². The van der Waals surface area contributed by atoms with Crippen molar-refractivity contribution in [2.75, 3.05) is 13.1 Å². The van der Waals surface area contributed by atoms with E-state index >= 15 is 0 Å². The highest BCUT2D eigenvalue weighted by atomic mass is 35.5. The van der Waals surface area contributed by atoms with Gasteiger partial charge in [0, 0.05) is 23.7 Å². The standard InChI is InChI=1S/C19H18ClNO4/c1-12-10-21(11-17(12)19(23)24)18(22)13-5-7-15(8-6-13)25-16-4-2-3-14(20)9-16/h2-9,12,17H,10-11H2,1H3,(H,23,24)/t12-,17-/m1/s1. The first-order chi connectivity index (χ1) is 11.9. The Bertz CT molecular complexity index is 790. The van der Waals surface area contributed by atoms with Gasteiger partial charge >= 0.3 is 5.97 Å². The van der Waals surface area contributed by atoms with Gasteiger partial charge < -0.3 is 14.7 Å². The molecule has 1 fully saturated rings. The fourth-order valence-electron chi connectivity index (χ4n) is 2.97. The molecule has 0 radical (unpaired) electrons. The molecule has 2 aromatic rings. The van der Waals surface area contributed by atoms with Crippen molar-refractivity contribution in [3.05, 3.63) is 59.1 Å². The monoisotopic (exact) mass is 359 g/mol. The first kappa shape index (κ1) is 17.3. The summed E-state index contributed by atoms with van der Waals surface area (Å²) < 4.78 is 5.70. The fourth-order valence-corrected chi connectivity index (χ4v) is 3.15. The topological polar surface area (TPSA) is 66.8 Å². The van der Waals surface area contributed by atoms with Crippen molar-refractivity contribution in [2.45, 2.75) is 6.92 Å². The van der Waals surface area contributed by atoms with E-state index in [0.29, 0.717) is 28.6 Å². The molecule has 0 aliphatic carbocycles. The Morgan fingerprint density at radius 2 is 1.84 bits per heavy atom. The highest BCUT2D eigenvalue weighted by Crippen LogP contribution is 2.27. The lowest BCUT2D eigenvalue weighted by molar-refractivity contribution is -0.142. The molecule has 25 heavy (non-hydrogen) atoms. The van der Waals surface area contributed by atoms with Crippen LogP contribution in [0.4, 0.5) is 0 Å². The van der Waals surface area contributed by atoms with E-state index in [1.807, 2.05) is 6.92 Å². The molecule has 0 saturated carbocycles. The molecule has 1 aliphatic rings. The number of ether oxygens (including phenoxy) is 1. The third-order valence-corrected chi connectivity index (χ3v) is 4.58. The number of benzene rings is 2. The molecule has 0 bridgehead atoms. The van der Waals surface area contributed by atoms with Gasteiger partial charge in [0.25, 0.3) is 5.91 Å². The van der Waals surface area contributed by atoms with Gasteiger partial charge in [0.05, 0.1) is 5.92 Å². The molecule has 0 unspecified atom stereocenters. The van der Waals surface area contributed by atoms with Gasteiger partial charge in [0.2, 0.25) is 0 Å². The van der Waals surface area contributed by atoms with E-state index in [-0.39, 0.29) is 18.4 Å². The van der Waals surface area contributed by atoms with Crippen LogP contribution in [0.2, 0.25) is 5.02 Å².